The van der Waals surface area contributed by atoms with Crippen molar-refractivity contribution in [1.29, 1.82) is 0 Å². The summed E-state index contributed by atoms with van der Waals surface area (Å²) in [5.41, 5.74) is 0.512. The number of aromatic amines is 1. The zero-order valence-corrected chi connectivity index (χ0v) is 8.01. The number of hydrogen-bond acceptors (Lipinski definition) is 2. The van der Waals surface area contributed by atoms with Gasteiger partial charge in [-0.15, -0.1) is 0 Å². The van der Waals surface area contributed by atoms with E-state index >= 15 is 0 Å². The van der Waals surface area contributed by atoms with E-state index in [1.807, 2.05) is 0 Å². The molecule has 0 atom stereocenters. The fourth-order valence-electron chi connectivity index (χ4n) is 1.27. The normalized spacial score (nSPS) is 10.5. The SMILES string of the molecule is O=C(O)Oc1cc2c(Cl)c(F)ccc2[nH]1. The molecule has 0 bridgehead atoms. The quantitative estimate of drug-likeness (QED) is 0.739. The summed E-state index contributed by atoms with van der Waals surface area (Å²) in [5.74, 6) is -0.560. The van der Waals surface area contributed by atoms with E-state index in [0.29, 0.717) is 10.9 Å². The van der Waals surface area contributed by atoms with Crippen LogP contribution in [0.25, 0.3) is 10.9 Å². The molecular formula is C9H5ClFNO3. The van der Waals surface area contributed by atoms with Gasteiger partial charge in [-0.05, 0) is 12.1 Å². The van der Waals surface area contributed by atoms with Crippen LogP contribution in [0.2, 0.25) is 5.02 Å². The Balaban J connectivity index is 2.56. The van der Waals surface area contributed by atoms with E-state index in [1.165, 1.54) is 18.2 Å². The van der Waals surface area contributed by atoms with Crippen LogP contribution in [0.1, 0.15) is 0 Å². The maximum atomic E-state index is 13.0. The third-order valence-corrected chi connectivity index (χ3v) is 2.25. The van der Waals surface area contributed by atoms with Crippen LogP contribution in [-0.2, 0) is 0 Å². The molecule has 0 saturated heterocycles. The summed E-state index contributed by atoms with van der Waals surface area (Å²) in [5, 5.41) is 8.68. The van der Waals surface area contributed by atoms with E-state index in [9.17, 15) is 9.18 Å². The Kier molecular flexibility index (Phi) is 2.24. The summed E-state index contributed by atoms with van der Waals surface area (Å²) >= 11 is 5.68. The van der Waals surface area contributed by atoms with Crippen molar-refractivity contribution >= 4 is 28.7 Å². The zero-order valence-electron chi connectivity index (χ0n) is 7.25. The third kappa shape index (κ3) is 1.73. The minimum atomic E-state index is -1.45. The van der Waals surface area contributed by atoms with Gasteiger partial charge in [0.2, 0.25) is 5.88 Å². The third-order valence-electron chi connectivity index (χ3n) is 1.86. The Morgan fingerprint density at radius 2 is 2.27 bits per heavy atom. The standard InChI is InChI=1S/C9H5ClFNO3/c10-8-4-3-7(15-9(13)14)12-6(4)2-1-5(8)11/h1-3,12H,(H,13,14). The van der Waals surface area contributed by atoms with Crippen LogP contribution in [-0.4, -0.2) is 16.2 Å². The van der Waals surface area contributed by atoms with Crippen molar-refractivity contribution < 1.29 is 19.0 Å². The molecule has 78 valence electrons. The average molecular weight is 230 g/mol. The zero-order chi connectivity index (χ0) is 11.0. The molecule has 6 heteroatoms. The Morgan fingerprint density at radius 3 is 2.93 bits per heavy atom. The molecule has 15 heavy (non-hydrogen) atoms. The highest BCUT2D eigenvalue weighted by Crippen LogP contribution is 2.29. The van der Waals surface area contributed by atoms with Gasteiger partial charge in [0.15, 0.2) is 0 Å². The summed E-state index contributed by atoms with van der Waals surface area (Å²) in [6.07, 6.45) is -1.45. The van der Waals surface area contributed by atoms with Crippen LogP contribution < -0.4 is 4.74 Å². The monoisotopic (exact) mass is 229 g/mol. The highest BCUT2D eigenvalue weighted by molar-refractivity contribution is 6.35. The molecule has 2 N–H and O–H groups in total. The molecule has 0 amide bonds. The fourth-order valence-corrected chi connectivity index (χ4v) is 1.48. The maximum Gasteiger partial charge on any atom is 0.512 e. The summed E-state index contributed by atoms with van der Waals surface area (Å²) in [6, 6.07) is 3.96. The second kappa shape index (κ2) is 3.43. The lowest BCUT2D eigenvalue weighted by molar-refractivity contribution is 0.143. The lowest BCUT2D eigenvalue weighted by Gasteiger charge is -1.93. The highest BCUT2D eigenvalue weighted by Gasteiger charge is 2.10. The highest BCUT2D eigenvalue weighted by atomic mass is 35.5. The number of carbonyl (C=O) groups is 1. The van der Waals surface area contributed by atoms with Gasteiger partial charge >= 0.3 is 6.16 Å². The van der Waals surface area contributed by atoms with Gasteiger partial charge in [-0.1, -0.05) is 11.6 Å². The van der Waals surface area contributed by atoms with E-state index < -0.39 is 12.0 Å². The van der Waals surface area contributed by atoms with Crippen LogP contribution in [0, 0.1) is 5.82 Å². The number of carboxylic acid groups (broad SMARTS) is 1. The lowest BCUT2D eigenvalue weighted by atomic mass is 10.2. The molecule has 0 aliphatic heterocycles. The number of hydrogen-bond donors (Lipinski definition) is 2. The number of halogens is 2. The van der Waals surface area contributed by atoms with Crippen LogP contribution >= 0.6 is 11.6 Å². The largest absolute Gasteiger partial charge is 0.512 e. The summed E-state index contributed by atoms with van der Waals surface area (Å²) in [7, 11) is 0. The van der Waals surface area contributed by atoms with E-state index in [4.69, 9.17) is 16.7 Å². The lowest BCUT2D eigenvalue weighted by Crippen LogP contribution is -2.02. The first-order chi connectivity index (χ1) is 7.08. The second-order valence-corrected chi connectivity index (χ2v) is 3.20. The van der Waals surface area contributed by atoms with Gasteiger partial charge in [-0.2, -0.15) is 0 Å². The molecule has 0 radical (unpaired) electrons. The minimum Gasteiger partial charge on any atom is -0.449 e. The smallest absolute Gasteiger partial charge is 0.449 e. The second-order valence-electron chi connectivity index (χ2n) is 2.82. The first kappa shape index (κ1) is 9.79. The molecule has 0 aliphatic rings. The Morgan fingerprint density at radius 1 is 1.53 bits per heavy atom. The van der Waals surface area contributed by atoms with Crippen molar-refractivity contribution in [3.8, 4) is 5.88 Å². The molecule has 0 fully saturated rings. The van der Waals surface area contributed by atoms with Crippen molar-refractivity contribution in [1.82, 2.24) is 4.98 Å². The first-order valence-electron chi connectivity index (χ1n) is 3.95. The molecule has 1 aromatic heterocycles. The van der Waals surface area contributed by atoms with Crippen molar-refractivity contribution in [2.24, 2.45) is 0 Å². The maximum absolute atomic E-state index is 13.0. The number of benzene rings is 1. The van der Waals surface area contributed by atoms with Crippen LogP contribution in [0.3, 0.4) is 0 Å². The molecule has 0 spiro atoms. The molecule has 2 rings (SSSR count). The predicted molar refractivity (Wildman–Crippen MR) is 51.9 cm³/mol. The van der Waals surface area contributed by atoms with Gasteiger partial charge in [0.25, 0.3) is 0 Å². The van der Waals surface area contributed by atoms with Gasteiger partial charge in [0, 0.05) is 11.5 Å². The van der Waals surface area contributed by atoms with Gasteiger partial charge in [0.05, 0.1) is 10.5 Å². The average Bonchev–Trinajstić information content (AvgIpc) is 2.54. The molecule has 2 aromatic rings. The number of nitrogens with one attached hydrogen (secondary N) is 1. The molecule has 0 aliphatic carbocycles. The van der Waals surface area contributed by atoms with E-state index in [-0.39, 0.29) is 10.9 Å². The number of rotatable bonds is 1. The van der Waals surface area contributed by atoms with Gasteiger partial charge in [-0.3, -0.25) is 0 Å². The van der Waals surface area contributed by atoms with Crippen LogP contribution in [0.15, 0.2) is 18.2 Å². The van der Waals surface area contributed by atoms with Gasteiger partial charge < -0.3 is 14.8 Å². The number of aromatic nitrogens is 1. The summed E-state index contributed by atoms with van der Waals surface area (Å²) in [6.45, 7) is 0. The Hall–Kier alpha value is -1.75. The Bertz CT molecular complexity index is 537. The fraction of sp³-hybridized carbons (Fsp3) is 0. The molecule has 0 unspecified atom stereocenters. The molecular weight excluding hydrogens is 225 g/mol. The topological polar surface area (TPSA) is 62.3 Å². The Labute approximate surface area is 88.2 Å². The van der Waals surface area contributed by atoms with Gasteiger partial charge in [0.1, 0.15) is 5.82 Å². The molecule has 0 saturated carbocycles. The van der Waals surface area contributed by atoms with E-state index in [2.05, 4.69) is 9.72 Å². The number of ether oxygens (including phenoxy) is 1. The van der Waals surface area contributed by atoms with Gasteiger partial charge in [-0.25, -0.2) is 9.18 Å². The first-order valence-corrected chi connectivity index (χ1v) is 4.33. The van der Waals surface area contributed by atoms with Crippen LogP contribution in [0.5, 0.6) is 5.88 Å². The van der Waals surface area contributed by atoms with Crippen molar-refractivity contribution in [2.75, 3.05) is 0 Å². The van der Waals surface area contributed by atoms with Crippen molar-refractivity contribution in [3.05, 3.63) is 29.0 Å². The predicted octanol–water partition coefficient (Wildman–Crippen LogP) is 3.02. The van der Waals surface area contributed by atoms with E-state index in [1.54, 1.807) is 0 Å². The minimum absolute atomic E-state index is 0.00463. The van der Waals surface area contributed by atoms with Crippen LogP contribution in [0.4, 0.5) is 9.18 Å². The van der Waals surface area contributed by atoms with Crippen molar-refractivity contribution in [2.45, 2.75) is 0 Å². The summed E-state index contributed by atoms with van der Waals surface area (Å²) in [4.78, 5) is 12.9. The van der Waals surface area contributed by atoms with Crippen molar-refractivity contribution in [3.63, 3.8) is 0 Å². The molecule has 1 aromatic carbocycles. The molecule has 4 nitrogen and oxygen atoms in total. The molecule has 1 heterocycles. The number of H-pyrrole nitrogens is 1. The number of fused-ring (bicyclic) bond motifs is 1. The summed E-state index contributed by atoms with van der Waals surface area (Å²) < 4.78 is 17.4. The van der Waals surface area contributed by atoms with E-state index in [0.717, 1.165) is 0 Å².